The minimum absolute atomic E-state index is 0.198. The highest BCUT2D eigenvalue weighted by molar-refractivity contribution is 7.15. The van der Waals surface area contributed by atoms with Crippen LogP contribution in [0.2, 0.25) is 5.02 Å². The Balaban J connectivity index is 1.70. The third kappa shape index (κ3) is 4.65. The van der Waals surface area contributed by atoms with Gasteiger partial charge in [-0.15, -0.1) is 10.2 Å². The fourth-order valence-corrected chi connectivity index (χ4v) is 3.11. The number of rotatable bonds is 5. The van der Waals surface area contributed by atoms with Crippen molar-refractivity contribution < 1.29 is 14.3 Å². The zero-order chi connectivity index (χ0) is 18.5. The molecule has 0 spiro atoms. The highest BCUT2D eigenvalue weighted by Gasteiger charge is 2.16. The van der Waals surface area contributed by atoms with Gasteiger partial charge < -0.3 is 4.74 Å². The number of nitrogens with one attached hydrogen (secondary N) is 1. The van der Waals surface area contributed by atoms with Gasteiger partial charge in [0.25, 0.3) is 5.91 Å². The Kier molecular flexibility index (Phi) is 5.60. The molecule has 2 aromatic carbocycles. The standard InChI is InChI=1S/C18H14ClN3O3S/c1-11(23)25-15-5-3-2-4-14(15)17(24)20-18-22-21-16(26-18)10-12-6-8-13(19)9-7-12/h2-9H,10H2,1H3,(H,20,22,24). The second-order valence-corrected chi connectivity index (χ2v) is 6.85. The molecule has 3 aromatic rings. The lowest BCUT2D eigenvalue weighted by molar-refractivity contribution is -0.131. The molecule has 1 amide bonds. The fourth-order valence-electron chi connectivity index (χ4n) is 2.21. The number of hydrogen-bond acceptors (Lipinski definition) is 6. The predicted molar refractivity (Wildman–Crippen MR) is 99.9 cm³/mol. The summed E-state index contributed by atoms with van der Waals surface area (Å²) in [7, 11) is 0. The van der Waals surface area contributed by atoms with Gasteiger partial charge in [-0.3, -0.25) is 14.9 Å². The minimum atomic E-state index is -0.494. The van der Waals surface area contributed by atoms with Crippen LogP contribution in [0.25, 0.3) is 0 Å². The monoisotopic (exact) mass is 387 g/mol. The molecule has 0 saturated heterocycles. The first-order chi connectivity index (χ1) is 12.5. The summed E-state index contributed by atoms with van der Waals surface area (Å²) < 4.78 is 5.05. The van der Waals surface area contributed by atoms with E-state index < -0.39 is 11.9 Å². The van der Waals surface area contributed by atoms with Crippen molar-refractivity contribution in [3.05, 3.63) is 69.7 Å². The number of ether oxygens (including phenoxy) is 1. The third-order valence-corrected chi connectivity index (χ3v) is 4.43. The van der Waals surface area contributed by atoms with Crippen LogP contribution in [0, 0.1) is 0 Å². The molecule has 1 aromatic heterocycles. The lowest BCUT2D eigenvalue weighted by Gasteiger charge is -2.07. The smallest absolute Gasteiger partial charge is 0.308 e. The molecule has 26 heavy (non-hydrogen) atoms. The first kappa shape index (κ1) is 18.0. The van der Waals surface area contributed by atoms with E-state index in [1.54, 1.807) is 24.3 Å². The summed E-state index contributed by atoms with van der Waals surface area (Å²) in [6, 6.07) is 14.0. The van der Waals surface area contributed by atoms with Crippen molar-refractivity contribution in [3.63, 3.8) is 0 Å². The van der Waals surface area contributed by atoms with Gasteiger partial charge in [0.2, 0.25) is 5.13 Å². The molecular formula is C18H14ClN3O3S. The molecule has 0 bridgehead atoms. The van der Waals surface area contributed by atoms with Crippen molar-refractivity contribution >= 4 is 39.9 Å². The quantitative estimate of drug-likeness (QED) is 0.529. The lowest BCUT2D eigenvalue weighted by atomic mass is 10.2. The molecule has 0 aliphatic rings. The highest BCUT2D eigenvalue weighted by Crippen LogP contribution is 2.23. The van der Waals surface area contributed by atoms with Gasteiger partial charge in [0.05, 0.1) is 5.56 Å². The van der Waals surface area contributed by atoms with E-state index in [2.05, 4.69) is 15.5 Å². The largest absolute Gasteiger partial charge is 0.426 e. The Hall–Kier alpha value is -2.77. The van der Waals surface area contributed by atoms with E-state index in [1.807, 2.05) is 24.3 Å². The van der Waals surface area contributed by atoms with E-state index in [-0.39, 0.29) is 11.3 Å². The number of nitrogens with zero attached hydrogens (tertiary/aromatic N) is 2. The van der Waals surface area contributed by atoms with E-state index in [4.69, 9.17) is 16.3 Å². The summed E-state index contributed by atoms with van der Waals surface area (Å²) in [5.41, 5.74) is 1.29. The molecule has 132 valence electrons. The summed E-state index contributed by atoms with van der Waals surface area (Å²) in [4.78, 5) is 23.6. The molecule has 0 aliphatic carbocycles. The molecule has 3 rings (SSSR count). The molecule has 0 radical (unpaired) electrons. The summed E-state index contributed by atoms with van der Waals surface area (Å²) in [6.45, 7) is 1.28. The second-order valence-electron chi connectivity index (χ2n) is 5.35. The molecule has 6 nitrogen and oxygen atoms in total. The van der Waals surface area contributed by atoms with Crippen molar-refractivity contribution in [2.24, 2.45) is 0 Å². The van der Waals surface area contributed by atoms with Crippen LogP contribution in [-0.2, 0) is 11.2 Å². The van der Waals surface area contributed by atoms with Crippen LogP contribution in [0.1, 0.15) is 27.9 Å². The average molecular weight is 388 g/mol. The Morgan fingerprint density at radius 3 is 2.58 bits per heavy atom. The predicted octanol–water partition coefficient (Wildman–Crippen LogP) is 3.96. The first-order valence-corrected chi connectivity index (χ1v) is 8.86. The number of anilines is 1. The van der Waals surface area contributed by atoms with E-state index in [9.17, 15) is 9.59 Å². The summed E-state index contributed by atoms with van der Waals surface area (Å²) >= 11 is 7.15. The zero-order valence-electron chi connectivity index (χ0n) is 13.7. The van der Waals surface area contributed by atoms with E-state index in [0.717, 1.165) is 10.6 Å². The van der Waals surface area contributed by atoms with Gasteiger partial charge in [-0.05, 0) is 29.8 Å². The van der Waals surface area contributed by atoms with Gasteiger partial charge in [0.1, 0.15) is 10.8 Å². The van der Waals surface area contributed by atoms with E-state index in [1.165, 1.54) is 18.3 Å². The topological polar surface area (TPSA) is 81.2 Å². The summed E-state index contributed by atoms with van der Waals surface area (Å²) in [5.74, 6) is -0.717. The van der Waals surface area contributed by atoms with Gasteiger partial charge in [-0.1, -0.05) is 47.2 Å². The Bertz CT molecular complexity index is 941. The number of amides is 1. The number of halogens is 1. The van der Waals surface area contributed by atoms with Crippen LogP contribution in [0.15, 0.2) is 48.5 Å². The number of aromatic nitrogens is 2. The summed E-state index contributed by atoms with van der Waals surface area (Å²) in [5, 5.41) is 12.6. The molecule has 0 atom stereocenters. The molecular weight excluding hydrogens is 374 g/mol. The van der Waals surface area contributed by atoms with Gasteiger partial charge in [0.15, 0.2) is 0 Å². The first-order valence-electron chi connectivity index (χ1n) is 7.67. The van der Waals surface area contributed by atoms with E-state index in [0.29, 0.717) is 16.6 Å². The van der Waals surface area contributed by atoms with Gasteiger partial charge >= 0.3 is 5.97 Å². The fraction of sp³-hybridized carbons (Fsp3) is 0.111. The van der Waals surface area contributed by atoms with Gasteiger partial charge in [-0.2, -0.15) is 0 Å². The molecule has 1 heterocycles. The van der Waals surface area contributed by atoms with Crippen LogP contribution in [0.5, 0.6) is 5.75 Å². The normalized spacial score (nSPS) is 10.4. The maximum absolute atomic E-state index is 12.4. The number of carbonyl (C=O) groups excluding carboxylic acids is 2. The number of carbonyl (C=O) groups is 2. The van der Waals surface area contributed by atoms with Crippen molar-refractivity contribution in [2.75, 3.05) is 5.32 Å². The van der Waals surface area contributed by atoms with Crippen molar-refractivity contribution in [2.45, 2.75) is 13.3 Å². The zero-order valence-corrected chi connectivity index (χ0v) is 15.3. The highest BCUT2D eigenvalue weighted by atomic mass is 35.5. The molecule has 0 aliphatic heterocycles. The van der Waals surface area contributed by atoms with Gasteiger partial charge in [0, 0.05) is 18.4 Å². The molecule has 0 unspecified atom stereocenters. The maximum Gasteiger partial charge on any atom is 0.308 e. The van der Waals surface area contributed by atoms with E-state index >= 15 is 0 Å². The van der Waals surface area contributed by atoms with Crippen molar-refractivity contribution in [1.82, 2.24) is 10.2 Å². The Labute approximate surface area is 158 Å². The van der Waals surface area contributed by atoms with Crippen LogP contribution >= 0.6 is 22.9 Å². The molecule has 0 saturated carbocycles. The molecule has 8 heteroatoms. The number of esters is 1. The third-order valence-electron chi connectivity index (χ3n) is 3.34. The number of para-hydroxylation sites is 1. The lowest BCUT2D eigenvalue weighted by Crippen LogP contribution is -2.14. The van der Waals surface area contributed by atoms with Crippen LogP contribution in [0.3, 0.4) is 0 Å². The van der Waals surface area contributed by atoms with Crippen LogP contribution in [-0.4, -0.2) is 22.1 Å². The van der Waals surface area contributed by atoms with Crippen molar-refractivity contribution in [3.8, 4) is 5.75 Å². The average Bonchev–Trinajstić information content (AvgIpc) is 3.04. The number of benzene rings is 2. The van der Waals surface area contributed by atoms with Crippen LogP contribution in [0.4, 0.5) is 5.13 Å². The molecule has 1 N–H and O–H groups in total. The Morgan fingerprint density at radius 1 is 1.12 bits per heavy atom. The number of hydrogen-bond donors (Lipinski definition) is 1. The van der Waals surface area contributed by atoms with Gasteiger partial charge in [-0.25, -0.2) is 0 Å². The van der Waals surface area contributed by atoms with Crippen LogP contribution < -0.4 is 10.1 Å². The van der Waals surface area contributed by atoms with Crippen molar-refractivity contribution in [1.29, 1.82) is 0 Å². The SMILES string of the molecule is CC(=O)Oc1ccccc1C(=O)Nc1nnc(Cc2ccc(Cl)cc2)s1. The minimum Gasteiger partial charge on any atom is -0.426 e. The molecule has 0 fully saturated rings. The maximum atomic E-state index is 12.4. The summed E-state index contributed by atoms with van der Waals surface area (Å²) in [6.07, 6.45) is 0.592. The second kappa shape index (κ2) is 8.07. The Morgan fingerprint density at radius 2 is 1.85 bits per heavy atom.